The molecule has 0 radical (unpaired) electrons. The van der Waals surface area contributed by atoms with E-state index in [0.717, 1.165) is 23.3 Å². The summed E-state index contributed by atoms with van der Waals surface area (Å²) in [6.07, 6.45) is 2.00. The summed E-state index contributed by atoms with van der Waals surface area (Å²) < 4.78 is 0. The smallest absolute Gasteiger partial charge is 0.328 e. The highest BCUT2D eigenvalue weighted by Gasteiger charge is 2.14. The van der Waals surface area contributed by atoms with Crippen LogP contribution < -0.4 is 0 Å². The van der Waals surface area contributed by atoms with Crippen molar-refractivity contribution in [2.24, 2.45) is 0 Å². The highest BCUT2D eigenvalue weighted by atomic mass is 16.4. The number of carbonyl (C=O) groups is 2. The Balaban J connectivity index is 3.24. The van der Waals surface area contributed by atoms with Crippen LogP contribution in [0.4, 0.5) is 0 Å². The quantitative estimate of drug-likeness (QED) is 0.648. The Hall–Kier alpha value is -1.90. The summed E-state index contributed by atoms with van der Waals surface area (Å²) >= 11 is 0. The number of carboxylic acid groups (broad SMARTS) is 1. The molecule has 0 unspecified atom stereocenters. The zero-order valence-corrected chi connectivity index (χ0v) is 11.8. The predicted molar refractivity (Wildman–Crippen MR) is 75.7 cm³/mol. The van der Waals surface area contributed by atoms with Crippen LogP contribution in [0.1, 0.15) is 61.0 Å². The lowest BCUT2D eigenvalue weighted by Crippen LogP contribution is -2.05. The molecule has 1 N–H and O–H groups in total. The van der Waals surface area contributed by atoms with Gasteiger partial charge in [-0.2, -0.15) is 0 Å². The fourth-order valence-corrected chi connectivity index (χ4v) is 1.89. The number of hydrogen-bond donors (Lipinski definition) is 1. The van der Waals surface area contributed by atoms with Crippen molar-refractivity contribution >= 4 is 11.8 Å². The van der Waals surface area contributed by atoms with E-state index in [1.165, 1.54) is 0 Å². The average molecular weight is 260 g/mol. The highest BCUT2D eigenvalue weighted by Crippen LogP contribution is 2.25. The maximum absolute atomic E-state index is 12.1. The third-order valence-electron chi connectivity index (χ3n) is 3.01. The Morgan fingerprint density at radius 3 is 2.16 bits per heavy atom. The molecule has 0 aromatic heterocycles. The molecule has 0 heterocycles. The Morgan fingerprint density at radius 1 is 1.05 bits per heavy atom. The van der Waals surface area contributed by atoms with Crippen LogP contribution in [0.15, 0.2) is 30.4 Å². The van der Waals surface area contributed by atoms with Crippen molar-refractivity contribution in [2.45, 2.75) is 39.5 Å². The largest absolute Gasteiger partial charge is 0.478 e. The second-order valence-corrected chi connectivity index (χ2v) is 5.19. The minimum absolute atomic E-state index is 0.221. The molecule has 1 aromatic rings. The molecular formula is C16H20O3. The van der Waals surface area contributed by atoms with Gasteiger partial charge in [0, 0.05) is 11.6 Å². The number of rotatable bonds is 5. The molecule has 0 saturated heterocycles. The van der Waals surface area contributed by atoms with E-state index in [1.54, 1.807) is 0 Å². The van der Waals surface area contributed by atoms with Gasteiger partial charge in [-0.3, -0.25) is 4.79 Å². The Kier molecular flexibility index (Phi) is 5.04. The monoisotopic (exact) mass is 260 g/mol. The van der Waals surface area contributed by atoms with Gasteiger partial charge >= 0.3 is 5.97 Å². The Bertz CT molecular complexity index is 511. The van der Waals surface area contributed by atoms with Gasteiger partial charge in [-0.05, 0) is 35.1 Å². The third-order valence-corrected chi connectivity index (χ3v) is 3.01. The number of ketones is 1. The van der Waals surface area contributed by atoms with Gasteiger partial charge in [0.05, 0.1) is 0 Å². The van der Waals surface area contributed by atoms with Crippen LogP contribution in [-0.2, 0) is 4.79 Å². The Morgan fingerprint density at radius 2 is 1.68 bits per heavy atom. The fraction of sp³-hybridized carbons (Fsp3) is 0.375. The molecule has 3 heteroatoms. The van der Waals surface area contributed by atoms with Gasteiger partial charge in [0.1, 0.15) is 0 Å². The standard InChI is InChI=1S/C16H20O3/c1-10(2)12-5-6-13(11(3)4)14(9-12)15(17)7-8-16(18)19/h5-11H,1-4H3,(H,18,19)/b8-7+. The second-order valence-electron chi connectivity index (χ2n) is 5.19. The topological polar surface area (TPSA) is 54.4 Å². The SMILES string of the molecule is CC(C)c1ccc(C(C)C)c(C(=O)/C=C/C(=O)O)c1. The lowest BCUT2D eigenvalue weighted by atomic mass is 9.90. The van der Waals surface area contributed by atoms with Gasteiger partial charge in [-0.15, -0.1) is 0 Å². The molecule has 0 atom stereocenters. The zero-order valence-electron chi connectivity index (χ0n) is 11.8. The molecule has 0 aliphatic heterocycles. The molecule has 0 saturated carbocycles. The van der Waals surface area contributed by atoms with E-state index < -0.39 is 5.97 Å². The number of aliphatic carboxylic acids is 1. The molecule has 102 valence electrons. The van der Waals surface area contributed by atoms with Crippen molar-refractivity contribution in [3.8, 4) is 0 Å². The molecule has 0 aliphatic rings. The maximum atomic E-state index is 12.1. The number of hydrogen-bond acceptors (Lipinski definition) is 2. The van der Waals surface area contributed by atoms with Crippen LogP contribution in [0.2, 0.25) is 0 Å². The van der Waals surface area contributed by atoms with Crippen molar-refractivity contribution < 1.29 is 14.7 Å². The van der Waals surface area contributed by atoms with Crippen molar-refractivity contribution in [3.05, 3.63) is 47.0 Å². The number of carboxylic acids is 1. The first kappa shape index (κ1) is 15.2. The number of carbonyl (C=O) groups excluding carboxylic acids is 1. The molecule has 0 bridgehead atoms. The summed E-state index contributed by atoms with van der Waals surface area (Å²) in [4.78, 5) is 22.6. The van der Waals surface area contributed by atoms with Crippen molar-refractivity contribution in [3.63, 3.8) is 0 Å². The normalized spacial score (nSPS) is 11.5. The van der Waals surface area contributed by atoms with E-state index >= 15 is 0 Å². The van der Waals surface area contributed by atoms with Gasteiger partial charge in [0.2, 0.25) is 0 Å². The average Bonchev–Trinajstić information content (AvgIpc) is 2.34. The minimum Gasteiger partial charge on any atom is -0.478 e. The van der Waals surface area contributed by atoms with Crippen LogP contribution in [0.25, 0.3) is 0 Å². The zero-order chi connectivity index (χ0) is 14.6. The van der Waals surface area contributed by atoms with Crippen LogP contribution >= 0.6 is 0 Å². The lowest BCUT2D eigenvalue weighted by molar-refractivity contribution is -0.131. The molecule has 0 spiro atoms. The summed E-state index contributed by atoms with van der Waals surface area (Å²) in [5, 5.41) is 8.59. The lowest BCUT2D eigenvalue weighted by Gasteiger charge is -2.14. The molecule has 3 nitrogen and oxygen atoms in total. The number of allylic oxidation sites excluding steroid dienone is 1. The summed E-state index contributed by atoms with van der Waals surface area (Å²) in [7, 11) is 0. The summed E-state index contributed by atoms with van der Waals surface area (Å²) in [5.41, 5.74) is 2.62. The van der Waals surface area contributed by atoms with Gasteiger partial charge < -0.3 is 5.11 Å². The van der Waals surface area contributed by atoms with Crippen molar-refractivity contribution in [1.29, 1.82) is 0 Å². The third kappa shape index (κ3) is 4.05. The van der Waals surface area contributed by atoms with Crippen LogP contribution in [0, 0.1) is 0 Å². The summed E-state index contributed by atoms with van der Waals surface area (Å²) in [5.74, 6) is -0.817. The van der Waals surface area contributed by atoms with E-state index in [1.807, 2.05) is 32.0 Å². The van der Waals surface area contributed by atoms with Gasteiger partial charge in [-0.25, -0.2) is 4.79 Å². The molecule has 0 aliphatic carbocycles. The van der Waals surface area contributed by atoms with Crippen molar-refractivity contribution in [1.82, 2.24) is 0 Å². The van der Waals surface area contributed by atoms with Crippen LogP contribution in [-0.4, -0.2) is 16.9 Å². The predicted octanol–water partition coefficient (Wildman–Crippen LogP) is 3.76. The van der Waals surface area contributed by atoms with Gasteiger partial charge in [-0.1, -0.05) is 39.8 Å². The molecule has 1 aromatic carbocycles. The summed E-state index contributed by atoms with van der Waals surface area (Å²) in [6.45, 7) is 8.15. The first-order valence-corrected chi connectivity index (χ1v) is 6.42. The number of benzene rings is 1. The molecule has 0 amide bonds. The second kappa shape index (κ2) is 6.32. The van der Waals surface area contributed by atoms with E-state index in [4.69, 9.17) is 5.11 Å². The maximum Gasteiger partial charge on any atom is 0.328 e. The van der Waals surface area contributed by atoms with E-state index in [0.29, 0.717) is 11.5 Å². The molecular weight excluding hydrogens is 240 g/mol. The van der Waals surface area contributed by atoms with E-state index in [2.05, 4.69) is 13.8 Å². The van der Waals surface area contributed by atoms with Crippen LogP contribution in [0.3, 0.4) is 0 Å². The first-order chi connectivity index (χ1) is 8.82. The van der Waals surface area contributed by atoms with Gasteiger partial charge in [0.15, 0.2) is 5.78 Å². The highest BCUT2D eigenvalue weighted by molar-refractivity contribution is 6.08. The Labute approximate surface area is 114 Å². The van der Waals surface area contributed by atoms with E-state index in [9.17, 15) is 9.59 Å². The molecule has 0 fully saturated rings. The minimum atomic E-state index is -1.11. The fourth-order valence-electron chi connectivity index (χ4n) is 1.89. The van der Waals surface area contributed by atoms with Crippen LogP contribution in [0.5, 0.6) is 0 Å². The first-order valence-electron chi connectivity index (χ1n) is 6.42. The van der Waals surface area contributed by atoms with E-state index in [-0.39, 0.29) is 11.7 Å². The van der Waals surface area contributed by atoms with Crippen molar-refractivity contribution in [2.75, 3.05) is 0 Å². The molecule has 1 rings (SSSR count). The van der Waals surface area contributed by atoms with Gasteiger partial charge in [0.25, 0.3) is 0 Å². The summed E-state index contributed by atoms with van der Waals surface area (Å²) in [6, 6.07) is 5.86. The molecule has 19 heavy (non-hydrogen) atoms.